The lowest BCUT2D eigenvalue weighted by Crippen LogP contribution is -2.36. The van der Waals surface area contributed by atoms with Crippen LogP contribution >= 0.6 is 11.6 Å². The fourth-order valence-electron chi connectivity index (χ4n) is 1.82. The van der Waals surface area contributed by atoms with Crippen LogP contribution in [0.4, 0.5) is 10.2 Å². The number of imide groups is 1. The van der Waals surface area contributed by atoms with E-state index in [1.165, 1.54) is 12.1 Å². The van der Waals surface area contributed by atoms with Crippen LogP contribution in [0.2, 0.25) is 5.28 Å². The fourth-order valence-corrected chi connectivity index (χ4v) is 1.95. The molecule has 0 fully saturated rings. The van der Waals surface area contributed by atoms with Crippen LogP contribution in [0.3, 0.4) is 0 Å². The van der Waals surface area contributed by atoms with Gasteiger partial charge in [-0.3, -0.25) is 15.0 Å². The van der Waals surface area contributed by atoms with Crippen LogP contribution < -0.4 is 5.43 Å². The van der Waals surface area contributed by atoms with Crippen LogP contribution in [0.5, 0.6) is 0 Å². The fraction of sp³-hybridized carbons (Fsp3) is 0. The number of anilines is 1. The average molecular weight is 293 g/mol. The minimum absolute atomic E-state index is 0.203. The van der Waals surface area contributed by atoms with Crippen LogP contribution in [0.15, 0.2) is 30.5 Å². The summed E-state index contributed by atoms with van der Waals surface area (Å²) < 4.78 is 13.5. The van der Waals surface area contributed by atoms with Gasteiger partial charge in [0.2, 0.25) is 5.28 Å². The van der Waals surface area contributed by atoms with Crippen molar-refractivity contribution >= 4 is 29.2 Å². The molecule has 0 spiro atoms. The standard InChI is InChI=1S/C12H6ClFN4O2/c13-12-15-5-8(14)9(16-12)17-18-10(19)6-3-1-2-4-7(6)11(18)20/h1-5H,(H,15,16,17). The summed E-state index contributed by atoms with van der Waals surface area (Å²) in [7, 11) is 0. The van der Waals surface area contributed by atoms with Crippen molar-refractivity contribution in [1.29, 1.82) is 0 Å². The number of hydrazine groups is 1. The Morgan fingerprint density at radius 2 is 1.75 bits per heavy atom. The number of carbonyl (C=O) groups is 2. The van der Waals surface area contributed by atoms with Crippen LogP contribution in [0, 0.1) is 5.82 Å². The zero-order valence-electron chi connectivity index (χ0n) is 9.80. The largest absolute Gasteiger partial charge is 0.280 e. The number of halogens is 2. The first-order valence-electron chi connectivity index (χ1n) is 5.50. The van der Waals surface area contributed by atoms with E-state index < -0.39 is 17.6 Å². The van der Waals surface area contributed by atoms with E-state index in [9.17, 15) is 14.0 Å². The minimum Gasteiger partial charge on any atom is -0.269 e. The molecule has 1 N–H and O–H groups in total. The Morgan fingerprint density at radius 3 is 2.35 bits per heavy atom. The molecule has 1 aliphatic rings. The second kappa shape index (κ2) is 4.53. The molecule has 2 aromatic rings. The van der Waals surface area contributed by atoms with E-state index in [1.807, 2.05) is 0 Å². The van der Waals surface area contributed by atoms with Crippen molar-refractivity contribution in [2.75, 3.05) is 5.43 Å². The zero-order chi connectivity index (χ0) is 14.3. The first kappa shape index (κ1) is 12.5. The first-order valence-corrected chi connectivity index (χ1v) is 5.88. The molecule has 0 radical (unpaired) electrons. The quantitative estimate of drug-likeness (QED) is 0.676. The Balaban J connectivity index is 1.96. The van der Waals surface area contributed by atoms with Crippen molar-refractivity contribution in [2.45, 2.75) is 0 Å². The first-order chi connectivity index (χ1) is 9.58. The molecule has 6 nitrogen and oxygen atoms in total. The number of nitrogens with one attached hydrogen (secondary N) is 1. The predicted molar refractivity (Wildman–Crippen MR) is 67.6 cm³/mol. The number of rotatable bonds is 2. The maximum absolute atomic E-state index is 13.5. The summed E-state index contributed by atoms with van der Waals surface area (Å²) >= 11 is 5.55. The van der Waals surface area contributed by atoms with Gasteiger partial charge in [-0.15, -0.1) is 0 Å². The third-order valence-corrected chi connectivity index (χ3v) is 2.91. The lowest BCUT2D eigenvalue weighted by atomic mass is 10.1. The highest BCUT2D eigenvalue weighted by atomic mass is 35.5. The highest BCUT2D eigenvalue weighted by Gasteiger charge is 2.36. The number of benzene rings is 1. The molecule has 3 rings (SSSR count). The topological polar surface area (TPSA) is 75.2 Å². The molecule has 100 valence electrons. The van der Waals surface area contributed by atoms with Gasteiger partial charge >= 0.3 is 0 Å². The van der Waals surface area contributed by atoms with Gasteiger partial charge in [0.15, 0.2) is 11.6 Å². The molecule has 8 heteroatoms. The molecule has 2 heterocycles. The van der Waals surface area contributed by atoms with E-state index in [-0.39, 0.29) is 22.2 Å². The summed E-state index contributed by atoms with van der Waals surface area (Å²) in [6.45, 7) is 0. The third kappa shape index (κ3) is 1.88. The van der Waals surface area contributed by atoms with Crippen LogP contribution in [-0.2, 0) is 0 Å². The minimum atomic E-state index is -0.828. The van der Waals surface area contributed by atoms with Gasteiger partial charge in [0, 0.05) is 0 Å². The summed E-state index contributed by atoms with van der Waals surface area (Å²) in [5.41, 5.74) is 2.80. The van der Waals surface area contributed by atoms with Gasteiger partial charge in [-0.05, 0) is 23.7 Å². The molecular formula is C12H6ClFN4O2. The molecule has 0 saturated heterocycles. The summed E-state index contributed by atoms with van der Waals surface area (Å²) in [6.07, 6.45) is 0.843. The van der Waals surface area contributed by atoms with Gasteiger partial charge in [-0.2, -0.15) is 9.99 Å². The maximum Gasteiger partial charge on any atom is 0.280 e. The molecule has 1 aliphatic heterocycles. The predicted octanol–water partition coefficient (Wildman–Crippen LogP) is 1.89. The number of fused-ring (bicyclic) bond motifs is 1. The molecule has 1 aromatic carbocycles. The number of hydrogen-bond donors (Lipinski definition) is 1. The van der Waals surface area contributed by atoms with Gasteiger partial charge in [-0.1, -0.05) is 12.1 Å². The second-order valence-electron chi connectivity index (χ2n) is 3.94. The van der Waals surface area contributed by atoms with Crippen molar-refractivity contribution in [3.63, 3.8) is 0 Å². The van der Waals surface area contributed by atoms with E-state index in [1.54, 1.807) is 12.1 Å². The lowest BCUT2D eigenvalue weighted by molar-refractivity contribution is 0.0690. The Kier molecular flexibility index (Phi) is 2.83. The molecular weight excluding hydrogens is 287 g/mol. The van der Waals surface area contributed by atoms with Gasteiger partial charge < -0.3 is 0 Å². The summed E-state index contributed by atoms with van der Waals surface area (Å²) in [5.74, 6) is -2.34. The summed E-state index contributed by atoms with van der Waals surface area (Å²) in [4.78, 5) is 31.1. The van der Waals surface area contributed by atoms with E-state index in [0.717, 1.165) is 6.20 Å². The van der Waals surface area contributed by atoms with E-state index in [2.05, 4.69) is 15.4 Å². The third-order valence-electron chi connectivity index (χ3n) is 2.73. The van der Waals surface area contributed by atoms with Gasteiger partial charge in [0.25, 0.3) is 11.8 Å². The lowest BCUT2D eigenvalue weighted by Gasteiger charge is -2.15. The van der Waals surface area contributed by atoms with Crippen LogP contribution in [-0.4, -0.2) is 26.8 Å². The number of aromatic nitrogens is 2. The molecule has 20 heavy (non-hydrogen) atoms. The van der Waals surface area contributed by atoms with E-state index >= 15 is 0 Å². The molecule has 1 aromatic heterocycles. The zero-order valence-corrected chi connectivity index (χ0v) is 10.6. The van der Waals surface area contributed by atoms with Crippen molar-refractivity contribution in [2.24, 2.45) is 0 Å². The Bertz CT molecular complexity index is 702. The van der Waals surface area contributed by atoms with Crippen molar-refractivity contribution in [3.05, 3.63) is 52.7 Å². The van der Waals surface area contributed by atoms with E-state index in [4.69, 9.17) is 11.6 Å². The second-order valence-corrected chi connectivity index (χ2v) is 4.28. The maximum atomic E-state index is 13.5. The Morgan fingerprint density at radius 1 is 1.15 bits per heavy atom. The summed E-state index contributed by atoms with van der Waals surface area (Å²) in [5, 5.41) is 0.484. The smallest absolute Gasteiger partial charge is 0.269 e. The normalized spacial score (nSPS) is 13.6. The average Bonchev–Trinajstić information content (AvgIpc) is 2.68. The Hall–Kier alpha value is -2.54. The van der Waals surface area contributed by atoms with Crippen molar-refractivity contribution in [3.8, 4) is 0 Å². The number of hydrogen-bond acceptors (Lipinski definition) is 5. The number of amides is 2. The van der Waals surface area contributed by atoms with Gasteiger partial charge in [-0.25, -0.2) is 9.37 Å². The Labute approximate surface area is 117 Å². The number of carbonyl (C=O) groups excluding carboxylic acids is 2. The molecule has 0 aliphatic carbocycles. The molecule has 0 atom stereocenters. The highest BCUT2D eigenvalue weighted by molar-refractivity contribution is 6.28. The van der Waals surface area contributed by atoms with Crippen molar-refractivity contribution in [1.82, 2.24) is 15.0 Å². The molecule has 2 amide bonds. The van der Waals surface area contributed by atoms with Gasteiger partial charge in [0.1, 0.15) is 0 Å². The monoisotopic (exact) mass is 292 g/mol. The number of nitrogens with zero attached hydrogens (tertiary/aromatic N) is 3. The summed E-state index contributed by atoms with van der Waals surface area (Å²) in [6, 6.07) is 6.30. The SMILES string of the molecule is O=C1c2ccccc2C(=O)N1Nc1nc(Cl)ncc1F. The van der Waals surface area contributed by atoms with Crippen LogP contribution in [0.25, 0.3) is 0 Å². The van der Waals surface area contributed by atoms with Crippen LogP contribution in [0.1, 0.15) is 20.7 Å². The highest BCUT2D eigenvalue weighted by Crippen LogP contribution is 2.23. The molecule has 0 saturated carbocycles. The molecule has 0 unspecified atom stereocenters. The van der Waals surface area contributed by atoms with E-state index in [0.29, 0.717) is 5.01 Å². The van der Waals surface area contributed by atoms with Gasteiger partial charge in [0.05, 0.1) is 17.3 Å². The van der Waals surface area contributed by atoms with Crippen molar-refractivity contribution < 1.29 is 14.0 Å². The molecule has 0 bridgehead atoms.